The Hall–Kier alpha value is -2.05. The number of nitrogens with one attached hydrogen (secondary N) is 1. The second-order valence-electron chi connectivity index (χ2n) is 6.61. The molecule has 0 saturated carbocycles. The van der Waals surface area contributed by atoms with E-state index in [-0.39, 0.29) is 5.91 Å². The normalized spacial score (nSPS) is 14.1. The van der Waals surface area contributed by atoms with Gasteiger partial charge in [-0.25, -0.2) is 0 Å². The molecule has 1 aliphatic rings. The van der Waals surface area contributed by atoms with Gasteiger partial charge in [-0.1, -0.05) is 28.1 Å². The van der Waals surface area contributed by atoms with Crippen molar-refractivity contribution in [3.63, 3.8) is 0 Å². The molecule has 27 heavy (non-hydrogen) atoms. The monoisotopic (exact) mass is 432 g/mol. The molecule has 1 aliphatic heterocycles. The highest BCUT2D eigenvalue weighted by Gasteiger charge is 2.16. The fraction of sp³-hybridized carbons (Fsp3) is 0.381. The van der Waals surface area contributed by atoms with Crippen LogP contribution in [0, 0.1) is 13.8 Å². The van der Waals surface area contributed by atoms with Gasteiger partial charge in [-0.05, 0) is 49.2 Å². The third kappa shape index (κ3) is 5.23. The Morgan fingerprint density at radius 2 is 2.00 bits per heavy atom. The zero-order valence-corrected chi connectivity index (χ0v) is 17.3. The summed E-state index contributed by atoms with van der Waals surface area (Å²) in [6.45, 7) is 7.47. The van der Waals surface area contributed by atoms with Gasteiger partial charge < -0.3 is 19.7 Å². The molecule has 1 saturated heterocycles. The van der Waals surface area contributed by atoms with Crippen LogP contribution in [-0.4, -0.2) is 38.8 Å². The lowest BCUT2D eigenvalue weighted by Crippen LogP contribution is -2.36. The van der Waals surface area contributed by atoms with Gasteiger partial charge in [0.2, 0.25) is 5.91 Å². The summed E-state index contributed by atoms with van der Waals surface area (Å²) in [7, 11) is 0. The summed E-state index contributed by atoms with van der Waals surface area (Å²) in [4.78, 5) is 14.7. The summed E-state index contributed by atoms with van der Waals surface area (Å²) >= 11 is 3.49. The van der Waals surface area contributed by atoms with Crippen LogP contribution >= 0.6 is 15.9 Å². The molecule has 0 radical (unpaired) electrons. The van der Waals surface area contributed by atoms with Crippen LogP contribution in [0.1, 0.15) is 17.5 Å². The maximum atomic E-state index is 12.5. The van der Waals surface area contributed by atoms with Crippen molar-refractivity contribution in [1.82, 2.24) is 0 Å². The standard InChI is InChI=1S/C21H25BrN2O3/c1-15-4-3-5-20(16(15)2)27-11-8-21(25)23-18-14-17(22)6-7-19(18)24-9-12-26-13-10-24/h3-7,14H,8-13H2,1-2H3,(H,23,25). The lowest BCUT2D eigenvalue weighted by Gasteiger charge is -2.30. The fourth-order valence-corrected chi connectivity index (χ4v) is 3.40. The lowest BCUT2D eigenvalue weighted by atomic mass is 10.1. The third-order valence-corrected chi connectivity index (χ3v) is 5.22. The van der Waals surface area contributed by atoms with E-state index >= 15 is 0 Å². The zero-order chi connectivity index (χ0) is 19.2. The van der Waals surface area contributed by atoms with Crippen LogP contribution in [0.25, 0.3) is 0 Å². The Morgan fingerprint density at radius 3 is 2.78 bits per heavy atom. The SMILES string of the molecule is Cc1cccc(OCCC(=O)Nc2cc(Br)ccc2N2CCOCC2)c1C. The van der Waals surface area contributed by atoms with E-state index in [1.54, 1.807) is 0 Å². The van der Waals surface area contributed by atoms with Crippen molar-refractivity contribution in [2.75, 3.05) is 43.1 Å². The molecule has 0 spiro atoms. The van der Waals surface area contributed by atoms with E-state index < -0.39 is 0 Å². The number of halogens is 1. The maximum Gasteiger partial charge on any atom is 0.227 e. The van der Waals surface area contributed by atoms with Gasteiger partial charge in [-0.2, -0.15) is 0 Å². The molecule has 6 heteroatoms. The van der Waals surface area contributed by atoms with Crippen molar-refractivity contribution < 1.29 is 14.3 Å². The second-order valence-corrected chi connectivity index (χ2v) is 7.52. The van der Waals surface area contributed by atoms with E-state index in [4.69, 9.17) is 9.47 Å². The molecule has 2 aromatic rings. The van der Waals surface area contributed by atoms with E-state index in [0.717, 1.165) is 40.2 Å². The van der Waals surface area contributed by atoms with E-state index in [9.17, 15) is 4.79 Å². The molecule has 1 heterocycles. The number of aryl methyl sites for hydroxylation is 1. The van der Waals surface area contributed by atoms with Crippen molar-refractivity contribution >= 4 is 33.2 Å². The lowest BCUT2D eigenvalue weighted by molar-refractivity contribution is -0.116. The average molecular weight is 433 g/mol. The molecular weight excluding hydrogens is 408 g/mol. The van der Waals surface area contributed by atoms with Crippen molar-refractivity contribution in [2.24, 2.45) is 0 Å². The highest BCUT2D eigenvalue weighted by Crippen LogP contribution is 2.30. The summed E-state index contributed by atoms with van der Waals surface area (Å²) in [6, 6.07) is 11.9. The minimum absolute atomic E-state index is 0.0621. The number of carbonyl (C=O) groups is 1. The Kier molecular flexibility index (Phi) is 6.74. The Balaban J connectivity index is 1.60. The molecule has 3 rings (SSSR count). The molecule has 1 fully saturated rings. The van der Waals surface area contributed by atoms with Crippen molar-refractivity contribution in [3.05, 3.63) is 52.0 Å². The molecule has 1 N–H and O–H groups in total. The summed E-state index contributed by atoms with van der Waals surface area (Å²) in [6.07, 6.45) is 0.294. The van der Waals surface area contributed by atoms with Crippen LogP contribution in [0.4, 0.5) is 11.4 Å². The fourth-order valence-electron chi connectivity index (χ4n) is 3.04. The van der Waals surface area contributed by atoms with Gasteiger partial charge in [0.1, 0.15) is 5.75 Å². The summed E-state index contributed by atoms with van der Waals surface area (Å²) < 4.78 is 12.2. The summed E-state index contributed by atoms with van der Waals surface area (Å²) in [5.41, 5.74) is 4.12. The van der Waals surface area contributed by atoms with Crippen LogP contribution in [-0.2, 0) is 9.53 Å². The maximum absolute atomic E-state index is 12.5. The molecule has 2 aromatic carbocycles. The molecule has 0 aliphatic carbocycles. The number of anilines is 2. The van der Waals surface area contributed by atoms with Crippen LogP contribution < -0.4 is 15.0 Å². The number of rotatable bonds is 6. The van der Waals surface area contributed by atoms with Gasteiger partial charge in [0.05, 0.1) is 37.6 Å². The van der Waals surface area contributed by atoms with Gasteiger partial charge >= 0.3 is 0 Å². The number of morpholine rings is 1. The quantitative estimate of drug-likeness (QED) is 0.738. The topological polar surface area (TPSA) is 50.8 Å². The number of nitrogens with zero attached hydrogens (tertiary/aromatic N) is 1. The number of hydrogen-bond acceptors (Lipinski definition) is 4. The Bertz CT molecular complexity index is 804. The first kappa shape index (κ1) is 19.7. The highest BCUT2D eigenvalue weighted by molar-refractivity contribution is 9.10. The summed E-state index contributed by atoms with van der Waals surface area (Å²) in [5, 5.41) is 3.03. The number of hydrogen-bond donors (Lipinski definition) is 1. The average Bonchev–Trinajstić information content (AvgIpc) is 2.66. The first-order chi connectivity index (χ1) is 13.0. The molecule has 144 valence electrons. The van der Waals surface area contributed by atoms with E-state index in [1.165, 1.54) is 5.56 Å². The van der Waals surface area contributed by atoms with Crippen LogP contribution in [0.3, 0.4) is 0 Å². The highest BCUT2D eigenvalue weighted by atomic mass is 79.9. The molecular formula is C21H25BrN2O3. The Labute approximate surface area is 168 Å². The predicted octanol–water partition coefficient (Wildman–Crippen LogP) is 4.31. The molecule has 0 unspecified atom stereocenters. The number of amides is 1. The predicted molar refractivity (Wildman–Crippen MR) is 112 cm³/mol. The van der Waals surface area contributed by atoms with Crippen molar-refractivity contribution in [1.29, 1.82) is 0 Å². The molecule has 0 aromatic heterocycles. The smallest absolute Gasteiger partial charge is 0.227 e. The van der Waals surface area contributed by atoms with Crippen LogP contribution in [0.5, 0.6) is 5.75 Å². The number of carbonyl (C=O) groups excluding carboxylic acids is 1. The van der Waals surface area contributed by atoms with Gasteiger partial charge in [0, 0.05) is 17.6 Å². The van der Waals surface area contributed by atoms with Crippen LogP contribution in [0.2, 0.25) is 0 Å². The zero-order valence-electron chi connectivity index (χ0n) is 15.8. The first-order valence-electron chi connectivity index (χ1n) is 9.15. The molecule has 1 amide bonds. The molecule has 5 nitrogen and oxygen atoms in total. The van der Waals surface area contributed by atoms with Gasteiger partial charge in [0.25, 0.3) is 0 Å². The minimum Gasteiger partial charge on any atom is -0.493 e. The van der Waals surface area contributed by atoms with Gasteiger partial charge in [0.15, 0.2) is 0 Å². The van der Waals surface area contributed by atoms with Crippen molar-refractivity contribution in [3.8, 4) is 5.75 Å². The van der Waals surface area contributed by atoms with E-state index in [2.05, 4.69) is 39.1 Å². The number of benzene rings is 2. The van der Waals surface area contributed by atoms with Crippen LogP contribution in [0.15, 0.2) is 40.9 Å². The van der Waals surface area contributed by atoms with E-state index in [1.807, 2.05) is 37.3 Å². The van der Waals surface area contributed by atoms with Crippen molar-refractivity contribution in [2.45, 2.75) is 20.3 Å². The van der Waals surface area contributed by atoms with Gasteiger partial charge in [-0.3, -0.25) is 4.79 Å². The molecule has 0 atom stereocenters. The first-order valence-corrected chi connectivity index (χ1v) is 9.95. The molecule has 0 bridgehead atoms. The third-order valence-electron chi connectivity index (χ3n) is 4.73. The van der Waals surface area contributed by atoms with Gasteiger partial charge in [-0.15, -0.1) is 0 Å². The van der Waals surface area contributed by atoms with E-state index in [0.29, 0.717) is 26.2 Å². The largest absolute Gasteiger partial charge is 0.493 e. The second kappa shape index (κ2) is 9.24. The Morgan fingerprint density at radius 1 is 1.22 bits per heavy atom. The number of ether oxygens (including phenoxy) is 2. The summed E-state index contributed by atoms with van der Waals surface area (Å²) in [5.74, 6) is 0.771. The minimum atomic E-state index is -0.0621.